The Kier molecular flexibility index (Phi) is 5.20. The fraction of sp³-hybridized carbons (Fsp3) is 0.450. The minimum atomic E-state index is 0.525. The summed E-state index contributed by atoms with van der Waals surface area (Å²) >= 11 is 6.28. The molecule has 25 heavy (non-hydrogen) atoms. The van der Waals surface area contributed by atoms with Gasteiger partial charge >= 0.3 is 0 Å². The van der Waals surface area contributed by atoms with Gasteiger partial charge in [0.2, 0.25) is 0 Å². The van der Waals surface area contributed by atoms with Crippen LogP contribution in [0.5, 0.6) is 5.75 Å². The van der Waals surface area contributed by atoms with Crippen molar-refractivity contribution in [2.24, 2.45) is 0 Å². The largest absolute Gasteiger partial charge is 0.489 e. The Morgan fingerprint density at radius 3 is 2.84 bits per heavy atom. The van der Waals surface area contributed by atoms with Crippen molar-refractivity contribution in [3.63, 3.8) is 0 Å². The number of ether oxygens (including phenoxy) is 1. The molecule has 4 nitrogen and oxygen atoms in total. The third-order valence-corrected chi connectivity index (χ3v) is 5.25. The molecule has 132 valence electrons. The Balaban J connectivity index is 1.50. The van der Waals surface area contributed by atoms with Crippen LogP contribution in [0.3, 0.4) is 0 Å². The van der Waals surface area contributed by atoms with Crippen molar-refractivity contribution < 1.29 is 4.74 Å². The Labute approximate surface area is 154 Å². The van der Waals surface area contributed by atoms with Crippen LogP contribution in [0.25, 0.3) is 0 Å². The minimum absolute atomic E-state index is 0.525. The molecule has 2 fully saturated rings. The second-order valence-corrected chi connectivity index (χ2v) is 7.39. The highest BCUT2D eigenvalue weighted by atomic mass is 35.5. The molecule has 0 bridgehead atoms. The van der Waals surface area contributed by atoms with E-state index in [4.69, 9.17) is 16.3 Å². The highest BCUT2D eigenvalue weighted by Gasteiger charge is 2.35. The molecule has 0 radical (unpaired) electrons. The van der Waals surface area contributed by atoms with Gasteiger partial charge in [-0.2, -0.15) is 0 Å². The van der Waals surface area contributed by atoms with Gasteiger partial charge in [0, 0.05) is 53.7 Å². The molecule has 1 aromatic carbocycles. The number of nitrogens with one attached hydrogen (secondary N) is 1. The molecule has 5 heteroatoms. The SMILES string of the molecule is Clc1ccc(OCc2cccnc2)c(CN(C2CC2)C2CCNC2)c1. The standard InChI is InChI=1S/C20H24ClN3O/c21-17-3-6-20(25-14-15-2-1-8-22-11-15)16(10-17)13-24(18-4-5-18)19-7-9-23-12-19/h1-3,6,8,10-11,18-19,23H,4-5,7,9,12-14H2. The Morgan fingerprint density at radius 1 is 1.20 bits per heavy atom. The number of halogens is 1. The lowest BCUT2D eigenvalue weighted by molar-refractivity contribution is 0.184. The normalized spacial score (nSPS) is 20.2. The van der Waals surface area contributed by atoms with E-state index < -0.39 is 0 Å². The summed E-state index contributed by atoms with van der Waals surface area (Å²) in [4.78, 5) is 6.79. The summed E-state index contributed by atoms with van der Waals surface area (Å²) in [5.74, 6) is 0.921. The molecule has 2 heterocycles. The molecule has 1 saturated carbocycles. The lowest BCUT2D eigenvalue weighted by atomic mass is 10.1. The molecule has 1 unspecified atom stereocenters. The van der Waals surface area contributed by atoms with E-state index in [2.05, 4.69) is 21.3 Å². The Bertz CT molecular complexity index is 699. The smallest absolute Gasteiger partial charge is 0.124 e. The lowest BCUT2D eigenvalue weighted by Gasteiger charge is -2.29. The molecule has 0 spiro atoms. The average molecular weight is 358 g/mol. The van der Waals surface area contributed by atoms with Crippen LogP contribution in [0.2, 0.25) is 5.02 Å². The van der Waals surface area contributed by atoms with E-state index in [1.807, 2.05) is 30.5 Å². The molecular formula is C20H24ClN3O. The van der Waals surface area contributed by atoms with Crippen LogP contribution in [0, 0.1) is 0 Å². The molecule has 0 amide bonds. The van der Waals surface area contributed by atoms with Crippen LogP contribution in [0.15, 0.2) is 42.7 Å². The summed E-state index contributed by atoms with van der Waals surface area (Å²) in [7, 11) is 0. The van der Waals surface area contributed by atoms with Crippen LogP contribution in [0.4, 0.5) is 0 Å². The first-order valence-corrected chi connectivity index (χ1v) is 9.44. The van der Waals surface area contributed by atoms with Crippen molar-refractivity contribution in [1.82, 2.24) is 15.2 Å². The maximum atomic E-state index is 6.28. The molecule has 1 saturated heterocycles. The summed E-state index contributed by atoms with van der Waals surface area (Å²) in [5, 5.41) is 4.26. The van der Waals surface area contributed by atoms with Gasteiger partial charge < -0.3 is 10.1 Å². The number of pyridine rings is 1. The molecule has 1 aliphatic heterocycles. The molecule has 2 aromatic rings. The van der Waals surface area contributed by atoms with Crippen molar-refractivity contribution in [2.75, 3.05) is 13.1 Å². The average Bonchev–Trinajstić information content (AvgIpc) is 3.33. The highest BCUT2D eigenvalue weighted by Crippen LogP contribution is 2.34. The monoisotopic (exact) mass is 357 g/mol. The van der Waals surface area contributed by atoms with Crippen LogP contribution >= 0.6 is 11.6 Å². The Morgan fingerprint density at radius 2 is 2.12 bits per heavy atom. The van der Waals surface area contributed by atoms with Crippen molar-refractivity contribution in [3.05, 3.63) is 58.9 Å². The van der Waals surface area contributed by atoms with E-state index >= 15 is 0 Å². The van der Waals surface area contributed by atoms with Gasteiger partial charge in [-0.1, -0.05) is 17.7 Å². The van der Waals surface area contributed by atoms with Crippen molar-refractivity contribution in [2.45, 2.75) is 44.5 Å². The van der Waals surface area contributed by atoms with Gasteiger partial charge in [0.05, 0.1) is 0 Å². The summed E-state index contributed by atoms with van der Waals surface area (Å²) in [5.41, 5.74) is 2.25. The van der Waals surface area contributed by atoms with E-state index in [9.17, 15) is 0 Å². The summed E-state index contributed by atoms with van der Waals surface area (Å²) < 4.78 is 6.10. The second kappa shape index (κ2) is 7.73. The molecular weight excluding hydrogens is 334 g/mol. The summed E-state index contributed by atoms with van der Waals surface area (Å²) in [6, 6.07) is 11.3. The van der Waals surface area contributed by atoms with E-state index in [1.54, 1.807) is 6.20 Å². The molecule has 1 atom stereocenters. The number of hydrogen-bond acceptors (Lipinski definition) is 4. The molecule has 1 N–H and O–H groups in total. The molecule has 1 aliphatic carbocycles. The number of benzene rings is 1. The van der Waals surface area contributed by atoms with Crippen LogP contribution in [0.1, 0.15) is 30.4 Å². The van der Waals surface area contributed by atoms with Crippen molar-refractivity contribution >= 4 is 11.6 Å². The molecule has 2 aliphatic rings. The number of rotatable bonds is 7. The van der Waals surface area contributed by atoms with Crippen LogP contribution in [-0.2, 0) is 13.2 Å². The molecule has 1 aromatic heterocycles. The predicted octanol–water partition coefficient (Wildman–Crippen LogP) is 3.64. The zero-order valence-electron chi connectivity index (χ0n) is 14.3. The predicted molar refractivity (Wildman–Crippen MR) is 99.9 cm³/mol. The number of aromatic nitrogens is 1. The zero-order valence-corrected chi connectivity index (χ0v) is 15.1. The van der Waals surface area contributed by atoms with Gasteiger partial charge in [-0.05, 0) is 50.1 Å². The maximum Gasteiger partial charge on any atom is 0.124 e. The van der Waals surface area contributed by atoms with Gasteiger partial charge in [-0.3, -0.25) is 9.88 Å². The quantitative estimate of drug-likeness (QED) is 0.821. The van der Waals surface area contributed by atoms with E-state index in [-0.39, 0.29) is 0 Å². The zero-order chi connectivity index (χ0) is 17.1. The second-order valence-electron chi connectivity index (χ2n) is 6.95. The first kappa shape index (κ1) is 16.8. The first-order chi connectivity index (χ1) is 12.3. The number of hydrogen-bond donors (Lipinski definition) is 1. The maximum absolute atomic E-state index is 6.28. The number of nitrogens with zero attached hydrogens (tertiary/aromatic N) is 2. The van der Waals surface area contributed by atoms with E-state index in [0.717, 1.165) is 42.0 Å². The van der Waals surface area contributed by atoms with Gasteiger partial charge in [-0.25, -0.2) is 0 Å². The molecule has 4 rings (SSSR count). The van der Waals surface area contributed by atoms with Crippen LogP contribution < -0.4 is 10.1 Å². The van der Waals surface area contributed by atoms with Crippen molar-refractivity contribution in [3.8, 4) is 5.75 Å². The fourth-order valence-electron chi connectivity index (χ4n) is 3.54. The Hall–Kier alpha value is -1.62. The van der Waals surface area contributed by atoms with Gasteiger partial charge in [0.1, 0.15) is 12.4 Å². The lowest BCUT2D eigenvalue weighted by Crippen LogP contribution is -2.38. The summed E-state index contributed by atoms with van der Waals surface area (Å²) in [6.07, 6.45) is 7.46. The van der Waals surface area contributed by atoms with Gasteiger partial charge in [-0.15, -0.1) is 0 Å². The summed E-state index contributed by atoms with van der Waals surface area (Å²) in [6.45, 7) is 3.63. The fourth-order valence-corrected chi connectivity index (χ4v) is 3.73. The third-order valence-electron chi connectivity index (χ3n) is 5.01. The topological polar surface area (TPSA) is 37.4 Å². The van der Waals surface area contributed by atoms with Crippen molar-refractivity contribution in [1.29, 1.82) is 0 Å². The first-order valence-electron chi connectivity index (χ1n) is 9.06. The van der Waals surface area contributed by atoms with E-state index in [1.165, 1.54) is 24.8 Å². The van der Waals surface area contributed by atoms with Crippen LogP contribution in [-0.4, -0.2) is 35.1 Å². The third kappa shape index (κ3) is 4.32. The van der Waals surface area contributed by atoms with Gasteiger partial charge in [0.15, 0.2) is 0 Å². The van der Waals surface area contributed by atoms with E-state index in [0.29, 0.717) is 12.6 Å². The van der Waals surface area contributed by atoms with Gasteiger partial charge in [0.25, 0.3) is 0 Å². The minimum Gasteiger partial charge on any atom is -0.489 e. The highest BCUT2D eigenvalue weighted by molar-refractivity contribution is 6.30.